The topological polar surface area (TPSA) is 44.8 Å². The number of anilines is 1. The molecule has 1 N–H and O–H groups in total. The average Bonchev–Trinajstić information content (AvgIpc) is 2.68. The van der Waals surface area contributed by atoms with Crippen molar-refractivity contribution in [3.05, 3.63) is 59.1 Å². The third-order valence-electron chi connectivity index (χ3n) is 4.97. The minimum absolute atomic E-state index is 0.0402. The highest BCUT2D eigenvalue weighted by Gasteiger charge is 2.28. The number of nitrogens with zero attached hydrogens (tertiary/aromatic N) is 2. The van der Waals surface area contributed by atoms with E-state index < -0.39 is 5.54 Å². The van der Waals surface area contributed by atoms with Crippen LogP contribution >= 0.6 is 11.6 Å². The van der Waals surface area contributed by atoms with Crippen LogP contribution in [0.4, 0.5) is 10.5 Å². The maximum absolute atomic E-state index is 12.8. The Kier molecular flexibility index (Phi) is 5.80. The Hall–Kier alpha value is -2.40. The predicted molar refractivity (Wildman–Crippen MR) is 110 cm³/mol. The number of urea groups is 1. The van der Waals surface area contributed by atoms with Crippen LogP contribution in [0.1, 0.15) is 19.4 Å². The van der Waals surface area contributed by atoms with E-state index in [-0.39, 0.29) is 6.03 Å². The van der Waals surface area contributed by atoms with E-state index in [1.54, 1.807) is 7.11 Å². The van der Waals surface area contributed by atoms with Crippen LogP contribution in [0.25, 0.3) is 0 Å². The highest BCUT2D eigenvalue weighted by atomic mass is 35.5. The molecule has 0 aromatic heterocycles. The normalized spacial score (nSPS) is 14.8. The standard InChI is InChI=1S/C21H26ClN3O2/c1-21(2,16-7-9-19(27-3)10-8-16)23-20(26)25-13-11-24(12-14-25)18-6-4-5-17(22)15-18/h4-10,15H,11-14H2,1-3H3,(H,23,26). The first-order valence-electron chi connectivity index (χ1n) is 9.11. The lowest BCUT2D eigenvalue weighted by molar-refractivity contribution is 0.183. The van der Waals surface area contributed by atoms with Gasteiger partial charge in [0.15, 0.2) is 0 Å². The van der Waals surface area contributed by atoms with Gasteiger partial charge in [-0.2, -0.15) is 0 Å². The minimum Gasteiger partial charge on any atom is -0.497 e. The van der Waals surface area contributed by atoms with E-state index in [0.717, 1.165) is 35.1 Å². The van der Waals surface area contributed by atoms with E-state index in [4.69, 9.17) is 16.3 Å². The molecule has 1 aliphatic heterocycles. The van der Waals surface area contributed by atoms with Crippen LogP contribution in [0, 0.1) is 0 Å². The molecule has 144 valence electrons. The van der Waals surface area contributed by atoms with Crippen molar-refractivity contribution < 1.29 is 9.53 Å². The Morgan fingerprint density at radius 2 is 1.74 bits per heavy atom. The summed E-state index contributed by atoms with van der Waals surface area (Å²) >= 11 is 6.08. The number of methoxy groups -OCH3 is 1. The van der Waals surface area contributed by atoms with Crippen molar-refractivity contribution in [1.29, 1.82) is 0 Å². The molecule has 3 rings (SSSR count). The number of hydrogen-bond donors (Lipinski definition) is 1. The summed E-state index contributed by atoms with van der Waals surface area (Å²) < 4.78 is 5.20. The maximum Gasteiger partial charge on any atom is 0.318 e. The lowest BCUT2D eigenvalue weighted by atomic mass is 9.94. The number of ether oxygens (including phenoxy) is 1. The van der Waals surface area contributed by atoms with Crippen LogP contribution in [0.15, 0.2) is 48.5 Å². The highest BCUT2D eigenvalue weighted by Crippen LogP contribution is 2.24. The third kappa shape index (κ3) is 4.66. The zero-order valence-corrected chi connectivity index (χ0v) is 16.8. The van der Waals surface area contributed by atoms with Crippen molar-refractivity contribution in [1.82, 2.24) is 10.2 Å². The van der Waals surface area contributed by atoms with E-state index in [1.807, 2.05) is 67.3 Å². The largest absolute Gasteiger partial charge is 0.497 e. The van der Waals surface area contributed by atoms with Gasteiger partial charge in [0.25, 0.3) is 0 Å². The van der Waals surface area contributed by atoms with Crippen molar-refractivity contribution in [2.24, 2.45) is 0 Å². The number of piperazine rings is 1. The number of carbonyl (C=O) groups is 1. The summed E-state index contributed by atoms with van der Waals surface area (Å²) in [6, 6.07) is 15.6. The summed E-state index contributed by atoms with van der Waals surface area (Å²) in [7, 11) is 1.64. The predicted octanol–water partition coefficient (Wildman–Crippen LogP) is 4.12. The van der Waals surface area contributed by atoms with Crippen molar-refractivity contribution in [2.75, 3.05) is 38.2 Å². The molecule has 0 unspecified atom stereocenters. The van der Waals surface area contributed by atoms with Gasteiger partial charge in [-0.3, -0.25) is 0 Å². The molecule has 2 aromatic rings. The molecule has 0 atom stereocenters. The molecular formula is C21H26ClN3O2. The fraction of sp³-hybridized carbons (Fsp3) is 0.381. The molecule has 6 heteroatoms. The summed E-state index contributed by atoms with van der Waals surface area (Å²) in [6.45, 7) is 6.95. The van der Waals surface area contributed by atoms with Gasteiger partial charge in [-0.1, -0.05) is 29.8 Å². The molecule has 0 radical (unpaired) electrons. The molecule has 2 aromatic carbocycles. The maximum atomic E-state index is 12.8. The van der Waals surface area contributed by atoms with Gasteiger partial charge in [0, 0.05) is 36.9 Å². The number of hydrogen-bond acceptors (Lipinski definition) is 3. The van der Waals surface area contributed by atoms with Crippen molar-refractivity contribution >= 4 is 23.3 Å². The molecule has 0 spiro atoms. The first kappa shape index (κ1) is 19.4. The Bertz CT molecular complexity index is 784. The molecule has 1 fully saturated rings. The summed E-state index contributed by atoms with van der Waals surface area (Å²) in [6.07, 6.45) is 0. The molecule has 1 aliphatic rings. The van der Waals surface area contributed by atoms with Crippen LogP contribution in [0.2, 0.25) is 5.02 Å². The molecular weight excluding hydrogens is 362 g/mol. The third-order valence-corrected chi connectivity index (χ3v) is 5.21. The molecule has 5 nitrogen and oxygen atoms in total. The second-order valence-corrected chi connectivity index (χ2v) is 7.67. The summed E-state index contributed by atoms with van der Waals surface area (Å²) in [4.78, 5) is 16.9. The van der Waals surface area contributed by atoms with Crippen molar-refractivity contribution in [2.45, 2.75) is 19.4 Å². The molecule has 1 heterocycles. The van der Waals surface area contributed by atoms with E-state index in [9.17, 15) is 4.79 Å². The lowest BCUT2D eigenvalue weighted by Crippen LogP contribution is -2.55. The number of benzene rings is 2. The van der Waals surface area contributed by atoms with Gasteiger partial charge in [0.1, 0.15) is 5.75 Å². The lowest BCUT2D eigenvalue weighted by Gasteiger charge is -2.38. The van der Waals surface area contributed by atoms with Crippen LogP contribution < -0.4 is 15.0 Å². The van der Waals surface area contributed by atoms with Gasteiger partial charge >= 0.3 is 6.03 Å². The Labute approximate surface area is 165 Å². The van der Waals surface area contributed by atoms with Crippen LogP contribution in [0.5, 0.6) is 5.75 Å². The van der Waals surface area contributed by atoms with Gasteiger partial charge in [-0.15, -0.1) is 0 Å². The van der Waals surface area contributed by atoms with Crippen LogP contribution in [-0.4, -0.2) is 44.2 Å². The molecule has 27 heavy (non-hydrogen) atoms. The Balaban J connectivity index is 1.58. The number of carbonyl (C=O) groups excluding carboxylic acids is 1. The van der Waals surface area contributed by atoms with Gasteiger partial charge in [0.2, 0.25) is 0 Å². The van der Waals surface area contributed by atoms with E-state index in [0.29, 0.717) is 13.1 Å². The smallest absolute Gasteiger partial charge is 0.318 e. The summed E-state index contributed by atoms with van der Waals surface area (Å²) in [5.41, 5.74) is 1.67. The monoisotopic (exact) mass is 387 g/mol. The SMILES string of the molecule is COc1ccc(C(C)(C)NC(=O)N2CCN(c3cccc(Cl)c3)CC2)cc1. The molecule has 2 amide bonds. The van der Waals surface area contributed by atoms with Crippen LogP contribution in [-0.2, 0) is 5.54 Å². The summed E-state index contributed by atoms with van der Waals surface area (Å²) in [5, 5.41) is 3.88. The van der Waals surface area contributed by atoms with Crippen molar-refractivity contribution in [3.63, 3.8) is 0 Å². The Morgan fingerprint density at radius 1 is 1.07 bits per heavy atom. The fourth-order valence-corrected chi connectivity index (χ4v) is 3.45. The zero-order chi connectivity index (χ0) is 19.4. The first-order valence-corrected chi connectivity index (χ1v) is 9.49. The molecule has 0 aliphatic carbocycles. The molecule has 1 saturated heterocycles. The van der Waals surface area contributed by atoms with E-state index in [2.05, 4.69) is 10.2 Å². The van der Waals surface area contributed by atoms with Gasteiger partial charge in [0.05, 0.1) is 12.6 Å². The quantitative estimate of drug-likeness (QED) is 0.858. The highest BCUT2D eigenvalue weighted by molar-refractivity contribution is 6.30. The number of halogens is 1. The second-order valence-electron chi connectivity index (χ2n) is 7.24. The average molecular weight is 388 g/mol. The van der Waals surface area contributed by atoms with Gasteiger partial charge < -0.3 is 19.9 Å². The first-order chi connectivity index (χ1) is 12.9. The molecule has 0 bridgehead atoms. The van der Waals surface area contributed by atoms with Crippen molar-refractivity contribution in [3.8, 4) is 5.75 Å². The van der Waals surface area contributed by atoms with Crippen LogP contribution in [0.3, 0.4) is 0 Å². The van der Waals surface area contributed by atoms with Gasteiger partial charge in [-0.05, 0) is 49.7 Å². The Morgan fingerprint density at radius 3 is 2.33 bits per heavy atom. The second kappa shape index (κ2) is 8.09. The zero-order valence-electron chi connectivity index (χ0n) is 16.0. The van der Waals surface area contributed by atoms with E-state index in [1.165, 1.54) is 0 Å². The number of nitrogens with one attached hydrogen (secondary N) is 1. The van der Waals surface area contributed by atoms with Gasteiger partial charge in [-0.25, -0.2) is 4.79 Å². The minimum atomic E-state index is -0.465. The number of amides is 2. The molecule has 0 saturated carbocycles. The van der Waals surface area contributed by atoms with E-state index >= 15 is 0 Å². The fourth-order valence-electron chi connectivity index (χ4n) is 3.27. The number of rotatable bonds is 4. The summed E-state index contributed by atoms with van der Waals surface area (Å²) in [5.74, 6) is 0.804.